The molecule has 0 aliphatic heterocycles. The van der Waals surface area contributed by atoms with Crippen LogP contribution in [0.15, 0.2) is 53.9 Å². The summed E-state index contributed by atoms with van der Waals surface area (Å²) < 4.78 is 0. The van der Waals surface area contributed by atoms with E-state index in [-0.39, 0.29) is 18.7 Å². The van der Waals surface area contributed by atoms with Gasteiger partial charge in [0.1, 0.15) is 10.7 Å². The monoisotopic (exact) mass is 436 g/mol. The highest BCUT2D eigenvalue weighted by Crippen LogP contribution is 2.26. The summed E-state index contributed by atoms with van der Waals surface area (Å²) in [6, 6.07) is 14.8. The zero-order chi connectivity index (χ0) is 22.4. The van der Waals surface area contributed by atoms with Crippen LogP contribution in [0.2, 0.25) is 0 Å². The summed E-state index contributed by atoms with van der Waals surface area (Å²) in [4.78, 5) is 40.4. The molecule has 0 saturated heterocycles. The maximum Gasteiger partial charge on any atom is 0.275 e. The summed E-state index contributed by atoms with van der Waals surface area (Å²) in [7, 11) is 0. The molecule has 3 rings (SSSR count). The Balaban J connectivity index is 1.71. The molecule has 8 heteroatoms. The Bertz CT molecular complexity index is 1090. The lowest BCUT2D eigenvalue weighted by Crippen LogP contribution is -2.28. The molecule has 0 radical (unpaired) electrons. The van der Waals surface area contributed by atoms with E-state index < -0.39 is 17.7 Å². The Kier molecular flexibility index (Phi) is 7.15. The van der Waals surface area contributed by atoms with Gasteiger partial charge in [-0.3, -0.25) is 14.4 Å². The predicted octanol–water partition coefficient (Wildman–Crippen LogP) is 3.79. The Labute approximate surface area is 184 Å². The third-order valence-electron chi connectivity index (χ3n) is 4.64. The molecule has 160 valence electrons. The molecule has 0 atom stereocenters. The summed E-state index contributed by atoms with van der Waals surface area (Å²) in [5, 5.41) is 7.80. The highest BCUT2D eigenvalue weighted by atomic mass is 32.1. The molecule has 3 amide bonds. The third kappa shape index (κ3) is 5.76. The van der Waals surface area contributed by atoms with Gasteiger partial charge in [-0.05, 0) is 23.6 Å². The van der Waals surface area contributed by atoms with Gasteiger partial charge in [-0.25, -0.2) is 4.98 Å². The molecule has 4 N–H and O–H groups in total. The van der Waals surface area contributed by atoms with Gasteiger partial charge in [0.15, 0.2) is 0 Å². The molecule has 1 heterocycles. The summed E-state index contributed by atoms with van der Waals surface area (Å²) in [6.45, 7) is 4.40. The number of rotatable bonds is 8. The fourth-order valence-corrected chi connectivity index (χ4v) is 3.70. The molecule has 0 aliphatic rings. The van der Waals surface area contributed by atoms with E-state index in [4.69, 9.17) is 5.73 Å². The van der Waals surface area contributed by atoms with E-state index in [2.05, 4.69) is 41.6 Å². The van der Waals surface area contributed by atoms with Crippen molar-refractivity contribution in [3.63, 3.8) is 0 Å². The van der Waals surface area contributed by atoms with E-state index in [1.165, 1.54) is 16.9 Å². The number of carbonyl (C=O) groups is 3. The number of hydrogen-bond acceptors (Lipinski definition) is 5. The molecular weight excluding hydrogens is 412 g/mol. The van der Waals surface area contributed by atoms with E-state index in [0.29, 0.717) is 17.2 Å². The van der Waals surface area contributed by atoms with E-state index in [1.807, 2.05) is 12.1 Å². The van der Waals surface area contributed by atoms with Gasteiger partial charge in [-0.15, -0.1) is 11.3 Å². The molecule has 0 spiro atoms. The summed E-state index contributed by atoms with van der Waals surface area (Å²) in [5.74, 6) is -0.861. The van der Waals surface area contributed by atoms with Crippen molar-refractivity contribution in [3.8, 4) is 10.6 Å². The number of para-hydroxylation sites is 1. The number of hydrogen-bond donors (Lipinski definition) is 3. The molecule has 31 heavy (non-hydrogen) atoms. The molecule has 3 aromatic rings. The van der Waals surface area contributed by atoms with Gasteiger partial charge in [0.25, 0.3) is 11.8 Å². The molecule has 0 saturated carbocycles. The number of anilines is 1. The number of thiazole rings is 1. The number of benzene rings is 2. The first kappa shape index (κ1) is 22.2. The quantitative estimate of drug-likeness (QED) is 0.498. The van der Waals surface area contributed by atoms with Crippen molar-refractivity contribution in [3.05, 3.63) is 70.7 Å². The molecule has 0 bridgehead atoms. The normalized spacial score (nSPS) is 10.7. The Morgan fingerprint density at radius 2 is 1.74 bits per heavy atom. The van der Waals surface area contributed by atoms with Crippen molar-refractivity contribution in [1.82, 2.24) is 10.3 Å². The highest BCUT2D eigenvalue weighted by molar-refractivity contribution is 7.13. The number of amides is 3. The van der Waals surface area contributed by atoms with Gasteiger partial charge < -0.3 is 16.4 Å². The Hall–Kier alpha value is -3.52. The van der Waals surface area contributed by atoms with Crippen molar-refractivity contribution in [1.29, 1.82) is 0 Å². The zero-order valence-electron chi connectivity index (χ0n) is 17.3. The van der Waals surface area contributed by atoms with Crippen LogP contribution >= 0.6 is 11.3 Å². The summed E-state index contributed by atoms with van der Waals surface area (Å²) in [6.07, 6.45) is 0.0417. The van der Waals surface area contributed by atoms with E-state index in [0.717, 1.165) is 10.6 Å². The second kappa shape index (κ2) is 9.99. The van der Waals surface area contributed by atoms with Crippen molar-refractivity contribution in [2.45, 2.75) is 26.2 Å². The van der Waals surface area contributed by atoms with Crippen molar-refractivity contribution in [2.75, 3.05) is 11.9 Å². The predicted molar refractivity (Wildman–Crippen MR) is 122 cm³/mol. The number of nitrogens with zero attached hydrogens (tertiary/aromatic N) is 1. The SMILES string of the molecule is CC(C)c1ccc(-c2nc(C(=O)Nc3ccccc3C(=O)NCCC(N)=O)cs2)cc1. The summed E-state index contributed by atoms with van der Waals surface area (Å²) >= 11 is 1.39. The standard InChI is InChI=1S/C23H24N4O3S/c1-14(2)15-7-9-16(10-8-15)23-27-19(13-31-23)22(30)26-18-6-4-3-5-17(18)21(29)25-12-11-20(24)28/h3-10,13-14H,11-12H2,1-2H3,(H2,24,28)(H,25,29)(H,26,30). The number of aromatic nitrogens is 1. The number of nitrogens with one attached hydrogen (secondary N) is 2. The van der Waals surface area contributed by atoms with Crippen LogP contribution in [0.5, 0.6) is 0 Å². The van der Waals surface area contributed by atoms with Gasteiger partial charge >= 0.3 is 0 Å². The van der Waals surface area contributed by atoms with Crippen LogP contribution in [-0.4, -0.2) is 29.3 Å². The second-order valence-corrected chi connectivity index (χ2v) is 8.14. The average molecular weight is 437 g/mol. The van der Waals surface area contributed by atoms with Crippen LogP contribution in [0.3, 0.4) is 0 Å². The van der Waals surface area contributed by atoms with Gasteiger partial charge in [0, 0.05) is 23.9 Å². The van der Waals surface area contributed by atoms with Gasteiger partial charge in [0.2, 0.25) is 5.91 Å². The van der Waals surface area contributed by atoms with Crippen LogP contribution in [0.25, 0.3) is 10.6 Å². The van der Waals surface area contributed by atoms with Gasteiger partial charge in [-0.2, -0.15) is 0 Å². The lowest BCUT2D eigenvalue weighted by atomic mass is 10.0. The minimum atomic E-state index is -0.500. The summed E-state index contributed by atoms with van der Waals surface area (Å²) in [5.41, 5.74) is 8.20. The van der Waals surface area contributed by atoms with Crippen LogP contribution in [0.4, 0.5) is 5.69 Å². The van der Waals surface area contributed by atoms with Crippen molar-refractivity contribution >= 4 is 34.7 Å². The fourth-order valence-electron chi connectivity index (χ4n) is 2.89. The maximum absolute atomic E-state index is 12.7. The minimum absolute atomic E-state index is 0.0417. The van der Waals surface area contributed by atoms with Gasteiger partial charge in [-0.1, -0.05) is 50.2 Å². The fraction of sp³-hybridized carbons (Fsp3) is 0.217. The van der Waals surface area contributed by atoms with Crippen LogP contribution in [0.1, 0.15) is 52.6 Å². The van der Waals surface area contributed by atoms with E-state index >= 15 is 0 Å². The molecular formula is C23H24N4O3S. The van der Waals surface area contributed by atoms with Crippen LogP contribution in [0, 0.1) is 0 Å². The topological polar surface area (TPSA) is 114 Å². The smallest absolute Gasteiger partial charge is 0.275 e. The minimum Gasteiger partial charge on any atom is -0.370 e. The maximum atomic E-state index is 12.7. The van der Waals surface area contributed by atoms with Crippen LogP contribution < -0.4 is 16.4 Å². The van der Waals surface area contributed by atoms with Crippen LogP contribution in [-0.2, 0) is 4.79 Å². The molecule has 0 aliphatic carbocycles. The molecule has 0 fully saturated rings. The van der Waals surface area contributed by atoms with Crippen molar-refractivity contribution < 1.29 is 14.4 Å². The molecule has 1 aromatic heterocycles. The Morgan fingerprint density at radius 1 is 1.03 bits per heavy atom. The third-order valence-corrected chi connectivity index (χ3v) is 5.53. The number of primary amides is 1. The van der Waals surface area contributed by atoms with Crippen molar-refractivity contribution in [2.24, 2.45) is 5.73 Å². The number of nitrogens with two attached hydrogens (primary N) is 1. The zero-order valence-corrected chi connectivity index (χ0v) is 18.2. The molecule has 2 aromatic carbocycles. The first-order valence-electron chi connectivity index (χ1n) is 9.88. The Morgan fingerprint density at radius 3 is 2.42 bits per heavy atom. The average Bonchev–Trinajstić information content (AvgIpc) is 3.24. The van der Waals surface area contributed by atoms with E-state index in [1.54, 1.807) is 29.6 Å². The molecule has 0 unspecified atom stereocenters. The van der Waals surface area contributed by atoms with Gasteiger partial charge in [0.05, 0.1) is 11.3 Å². The highest BCUT2D eigenvalue weighted by Gasteiger charge is 2.16. The first-order valence-corrected chi connectivity index (χ1v) is 10.8. The largest absolute Gasteiger partial charge is 0.370 e. The number of carbonyl (C=O) groups excluding carboxylic acids is 3. The lowest BCUT2D eigenvalue weighted by Gasteiger charge is -2.10. The second-order valence-electron chi connectivity index (χ2n) is 7.29. The molecule has 7 nitrogen and oxygen atoms in total. The first-order chi connectivity index (χ1) is 14.8. The van der Waals surface area contributed by atoms with E-state index in [9.17, 15) is 14.4 Å². The lowest BCUT2D eigenvalue weighted by molar-refractivity contribution is -0.117.